The van der Waals surface area contributed by atoms with Gasteiger partial charge in [0.1, 0.15) is 4.90 Å². The van der Waals surface area contributed by atoms with Gasteiger partial charge in [-0.15, -0.1) is 0 Å². The third-order valence-electron chi connectivity index (χ3n) is 6.41. The Morgan fingerprint density at radius 3 is 2.11 bits per heavy atom. The molecule has 6 nitrogen and oxygen atoms in total. The molecule has 0 aromatic heterocycles. The Kier molecular flexibility index (Phi) is 7.47. The summed E-state index contributed by atoms with van der Waals surface area (Å²) in [6.45, 7) is 7.51. The van der Waals surface area contributed by atoms with Crippen molar-refractivity contribution < 1.29 is 26.4 Å². The van der Waals surface area contributed by atoms with Crippen LogP contribution in [0.15, 0.2) is 71.6 Å². The van der Waals surface area contributed by atoms with Gasteiger partial charge in [-0.1, -0.05) is 39.0 Å². The lowest BCUT2D eigenvalue weighted by molar-refractivity contribution is -0.137. The minimum atomic E-state index is -4.61. The van der Waals surface area contributed by atoms with Gasteiger partial charge in [0.05, 0.1) is 11.3 Å². The maximum atomic E-state index is 13.4. The van der Waals surface area contributed by atoms with E-state index in [1.54, 1.807) is 24.3 Å². The second-order valence-corrected chi connectivity index (χ2v) is 12.0. The number of rotatable bonds is 6. The summed E-state index contributed by atoms with van der Waals surface area (Å²) in [7, 11) is -4.30. The largest absolute Gasteiger partial charge is 0.416 e. The summed E-state index contributed by atoms with van der Waals surface area (Å²) in [5.41, 5.74) is 0.913. The Morgan fingerprint density at radius 1 is 0.842 bits per heavy atom. The molecule has 1 aliphatic heterocycles. The normalized spacial score (nSPS) is 14.4. The molecule has 0 aliphatic carbocycles. The van der Waals surface area contributed by atoms with Crippen LogP contribution in [-0.2, 0) is 21.6 Å². The molecule has 4 rings (SSSR count). The van der Waals surface area contributed by atoms with E-state index in [4.69, 9.17) is 0 Å². The Balaban J connectivity index is 1.65. The third-order valence-corrected chi connectivity index (χ3v) is 7.82. The predicted molar refractivity (Wildman–Crippen MR) is 143 cm³/mol. The summed E-state index contributed by atoms with van der Waals surface area (Å²) >= 11 is 0. The second-order valence-electron chi connectivity index (χ2n) is 10.3. The topological polar surface area (TPSA) is 78.5 Å². The molecule has 1 heterocycles. The summed E-state index contributed by atoms with van der Waals surface area (Å²) in [4.78, 5) is 14.7. The van der Waals surface area contributed by atoms with Crippen molar-refractivity contribution in [3.63, 3.8) is 0 Å². The van der Waals surface area contributed by atoms with Gasteiger partial charge >= 0.3 is 6.18 Å². The average molecular weight is 546 g/mol. The highest BCUT2D eigenvalue weighted by molar-refractivity contribution is 7.92. The summed E-state index contributed by atoms with van der Waals surface area (Å²) in [5.74, 6) is -0.409. The smallest absolute Gasteiger partial charge is 0.370 e. The number of hydrogen-bond donors (Lipinski definition) is 2. The van der Waals surface area contributed by atoms with Gasteiger partial charge in [0, 0.05) is 30.0 Å². The molecular weight excluding hydrogens is 515 g/mol. The third kappa shape index (κ3) is 6.30. The predicted octanol–water partition coefficient (Wildman–Crippen LogP) is 6.66. The van der Waals surface area contributed by atoms with Crippen LogP contribution in [0.5, 0.6) is 0 Å². The van der Waals surface area contributed by atoms with E-state index in [9.17, 15) is 26.4 Å². The van der Waals surface area contributed by atoms with E-state index in [-0.39, 0.29) is 21.7 Å². The van der Waals surface area contributed by atoms with E-state index in [1.165, 1.54) is 12.1 Å². The lowest BCUT2D eigenvalue weighted by Crippen LogP contribution is -2.23. The van der Waals surface area contributed by atoms with Crippen molar-refractivity contribution in [3.05, 3.63) is 83.4 Å². The zero-order valence-electron chi connectivity index (χ0n) is 21.4. The first kappa shape index (κ1) is 27.5. The number of amides is 1. The molecule has 38 heavy (non-hydrogen) atoms. The van der Waals surface area contributed by atoms with Gasteiger partial charge in [-0.2, -0.15) is 13.2 Å². The highest BCUT2D eigenvalue weighted by atomic mass is 32.2. The summed E-state index contributed by atoms with van der Waals surface area (Å²) in [6, 6.07) is 15.8. The number of alkyl halides is 3. The zero-order valence-corrected chi connectivity index (χ0v) is 22.2. The van der Waals surface area contributed by atoms with Gasteiger partial charge in [0.25, 0.3) is 15.9 Å². The van der Waals surface area contributed by atoms with Crippen molar-refractivity contribution in [1.82, 2.24) is 0 Å². The Bertz CT molecular complexity index is 1420. The SMILES string of the molecule is CC(C)(C)c1ccc(C(=O)Nc2ccc(N3CCCC3)c(S(=O)(=O)Nc3cccc(C(F)(F)F)c3)c2)cc1. The fourth-order valence-electron chi connectivity index (χ4n) is 4.32. The van der Waals surface area contributed by atoms with Crippen LogP contribution < -0.4 is 14.9 Å². The average Bonchev–Trinajstić information content (AvgIpc) is 3.38. The van der Waals surface area contributed by atoms with Crippen LogP contribution >= 0.6 is 0 Å². The Morgan fingerprint density at radius 2 is 1.50 bits per heavy atom. The van der Waals surface area contributed by atoms with Crippen molar-refractivity contribution in [2.45, 2.75) is 50.1 Å². The number of carbonyl (C=O) groups is 1. The van der Waals surface area contributed by atoms with E-state index in [0.29, 0.717) is 24.3 Å². The maximum Gasteiger partial charge on any atom is 0.416 e. The van der Waals surface area contributed by atoms with Gasteiger partial charge in [-0.05, 0) is 72.4 Å². The Labute approximate surface area is 220 Å². The van der Waals surface area contributed by atoms with E-state index >= 15 is 0 Å². The van der Waals surface area contributed by atoms with Gasteiger partial charge in [-0.3, -0.25) is 9.52 Å². The number of sulfonamides is 1. The first-order valence-electron chi connectivity index (χ1n) is 12.2. The van der Waals surface area contributed by atoms with Crippen LogP contribution in [0.3, 0.4) is 0 Å². The fourth-order valence-corrected chi connectivity index (χ4v) is 5.62. The van der Waals surface area contributed by atoms with E-state index in [2.05, 4.69) is 30.8 Å². The summed E-state index contributed by atoms with van der Waals surface area (Å²) in [6.07, 6.45) is -2.83. The van der Waals surface area contributed by atoms with Gasteiger partial charge < -0.3 is 10.2 Å². The molecule has 0 unspecified atom stereocenters. The Hall–Kier alpha value is -3.53. The lowest BCUT2D eigenvalue weighted by Gasteiger charge is -2.23. The quantitative estimate of drug-likeness (QED) is 0.363. The molecule has 202 valence electrons. The lowest BCUT2D eigenvalue weighted by atomic mass is 9.87. The van der Waals surface area contributed by atoms with Crippen LogP contribution in [0.25, 0.3) is 0 Å². The minimum absolute atomic E-state index is 0.0731. The number of hydrogen-bond acceptors (Lipinski definition) is 4. The van der Waals surface area contributed by atoms with Crippen LogP contribution in [0, 0.1) is 0 Å². The molecule has 0 spiro atoms. The number of nitrogens with one attached hydrogen (secondary N) is 2. The van der Waals surface area contributed by atoms with Gasteiger partial charge in [0.15, 0.2) is 0 Å². The molecule has 1 saturated heterocycles. The molecule has 3 aromatic carbocycles. The van der Waals surface area contributed by atoms with Gasteiger partial charge in [0.2, 0.25) is 0 Å². The van der Waals surface area contributed by atoms with Crippen molar-refractivity contribution in [3.8, 4) is 0 Å². The summed E-state index contributed by atoms with van der Waals surface area (Å²) in [5, 5.41) is 2.74. The van der Waals surface area contributed by atoms with Crippen LogP contribution in [-0.4, -0.2) is 27.4 Å². The van der Waals surface area contributed by atoms with E-state index in [0.717, 1.165) is 36.6 Å². The number of nitrogens with zero attached hydrogens (tertiary/aromatic N) is 1. The maximum absolute atomic E-state index is 13.4. The van der Waals surface area contributed by atoms with Gasteiger partial charge in [-0.25, -0.2) is 8.42 Å². The minimum Gasteiger partial charge on any atom is -0.370 e. The summed E-state index contributed by atoms with van der Waals surface area (Å²) < 4.78 is 68.7. The standard InChI is InChI=1S/C28H30F3N3O3S/c1-27(2,3)20-11-9-19(10-12-20)26(35)32-22-13-14-24(34-15-4-5-16-34)25(18-22)38(36,37)33-23-8-6-7-21(17-23)28(29,30)31/h6-14,17-18,33H,4-5,15-16H2,1-3H3,(H,32,35). The van der Waals surface area contributed by atoms with Crippen molar-refractivity contribution in [2.24, 2.45) is 0 Å². The van der Waals surface area contributed by atoms with Crippen LogP contribution in [0.2, 0.25) is 0 Å². The molecule has 0 atom stereocenters. The number of benzene rings is 3. The van der Waals surface area contributed by atoms with E-state index in [1.807, 2.05) is 17.0 Å². The molecule has 10 heteroatoms. The van der Waals surface area contributed by atoms with E-state index < -0.39 is 27.7 Å². The number of halogens is 3. The molecule has 1 amide bonds. The molecule has 2 N–H and O–H groups in total. The molecule has 3 aromatic rings. The second kappa shape index (κ2) is 10.3. The highest BCUT2D eigenvalue weighted by Gasteiger charge is 2.31. The van der Waals surface area contributed by atoms with Crippen molar-refractivity contribution in [1.29, 1.82) is 0 Å². The molecule has 0 saturated carbocycles. The number of carbonyl (C=O) groups excluding carboxylic acids is 1. The van der Waals surface area contributed by atoms with Crippen LogP contribution in [0.4, 0.5) is 30.2 Å². The fraction of sp³-hybridized carbons (Fsp3) is 0.321. The zero-order chi connectivity index (χ0) is 27.7. The molecule has 1 fully saturated rings. The first-order chi connectivity index (χ1) is 17.7. The monoisotopic (exact) mass is 545 g/mol. The molecule has 0 radical (unpaired) electrons. The molecule has 0 bridgehead atoms. The molecular formula is C28H30F3N3O3S. The highest BCUT2D eigenvalue weighted by Crippen LogP contribution is 2.34. The number of anilines is 3. The van der Waals surface area contributed by atoms with Crippen LogP contribution in [0.1, 0.15) is 55.1 Å². The molecule has 1 aliphatic rings. The van der Waals surface area contributed by atoms with Crippen molar-refractivity contribution >= 4 is 33.0 Å². The first-order valence-corrected chi connectivity index (χ1v) is 13.7. The van der Waals surface area contributed by atoms with Crippen molar-refractivity contribution in [2.75, 3.05) is 28.0 Å².